The summed E-state index contributed by atoms with van der Waals surface area (Å²) < 4.78 is 5.35. The molecule has 0 unspecified atom stereocenters. The van der Waals surface area contributed by atoms with Crippen molar-refractivity contribution in [3.8, 4) is 5.75 Å². The Morgan fingerprint density at radius 3 is 2.56 bits per heavy atom. The summed E-state index contributed by atoms with van der Waals surface area (Å²) in [6.07, 6.45) is 3.45. The fraction of sp³-hybridized carbons (Fsp3) is 0.231. The van der Waals surface area contributed by atoms with E-state index in [4.69, 9.17) is 10.5 Å². The molecule has 0 saturated carbocycles. The van der Waals surface area contributed by atoms with E-state index in [0.717, 1.165) is 16.2 Å². The van der Waals surface area contributed by atoms with Gasteiger partial charge in [-0.15, -0.1) is 0 Å². The predicted molar refractivity (Wildman–Crippen MR) is 71.8 cm³/mol. The number of rotatable bonds is 4. The second-order valence-corrected chi connectivity index (χ2v) is 4.80. The molecule has 0 aliphatic carbocycles. The van der Waals surface area contributed by atoms with Crippen LogP contribution in [0.4, 0.5) is 0 Å². The first-order valence-corrected chi connectivity index (χ1v) is 6.41. The lowest BCUT2D eigenvalue weighted by Gasteiger charge is -2.15. The van der Waals surface area contributed by atoms with E-state index in [1.807, 2.05) is 25.1 Å². The van der Waals surface area contributed by atoms with Crippen molar-refractivity contribution < 1.29 is 4.74 Å². The molecule has 94 valence electrons. The first-order valence-electron chi connectivity index (χ1n) is 5.59. The van der Waals surface area contributed by atoms with Crippen molar-refractivity contribution in [2.75, 3.05) is 7.11 Å². The van der Waals surface area contributed by atoms with E-state index < -0.39 is 0 Å². The van der Waals surface area contributed by atoms with Gasteiger partial charge in [-0.25, -0.2) is 9.97 Å². The van der Waals surface area contributed by atoms with Gasteiger partial charge in [-0.3, -0.25) is 0 Å². The van der Waals surface area contributed by atoms with Crippen LogP contribution in [0, 0.1) is 0 Å². The SMILES string of the molecule is COc1cccc(Sc2ncccn2)c1[C@H](C)N. The number of hydrogen-bond acceptors (Lipinski definition) is 5. The molecule has 2 aromatic rings. The number of nitrogens with zero attached hydrogens (tertiary/aromatic N) is 2. The van der Waals surface area contributed by atoms with Crippen LogP contribution in [0.15, 0.2) is 46.7 Å². The minimum Gasteiger partial charge on any atom is -0.496 e. The second-order valence-electron chi connectivity index (χ2n) is 3.79. The quantitative estimate of drug-likeness (QED) is 0.857. The van der Waals surface area contributed by atoms with Crippen LogP contribution in [0.3, 0.4) is 0 Å². The maximum atomic E-state index is 6.01. The molecule has 1 aromatic heterocycles. The average molecular weight is 261 g/mol. The molecule has 0 saturated heterocycles. The molecule has 2 N–H and O–H groups in total. The molecule has 0 aliphatic heterocycles. The molecule has 0 spiro atoms. The summed E-state index contributed by atoms with van der Waals surface area (Å²) in [5, 5.41) is 0.702. The third kappa shape index (κ3) is 2.80. The summed E-state index contributed by atoms with van der Waals surface area (Å²) in [5.74, 6) is 0.797. The molecule has 1 atom stereocenters. The third-order valence-electron chi connectivity index (χ3n) is 2.44. The predicted octanol–water partition coefficient (Wildman–Crippen LogP) is 2.66. The molecule has 5 heteroatoms. The Morgan fingerprint density at radius 2 is 1.94 bits per heavy atom. The number of aromatic nitrogens is 2. The van der Waals surface area contributed by atoms with Gasteiger partial charge in [0.15, 0.2) is 5.16 Å². The van der Waals surface area contributed by atoms with Crippen molar-refractivity contribution in [1.82, 2.24) is 9.97 Å². The molecule has 0 bridgehead atoms. The molecule has 1 heterocycles. The minimum atomic E-state index is -0.104. The summed E-state index contributed by atoms with van der Waals surface area (Å²) >= 11 is 1.49. The van der Waals surface area contributed by atoms with Gasteiger partial charge >= 0.3 is 0 Å². The van der Waals surface area contributed by atoms with Crippen LogP contribution in [0.2, 0.25) is 0 Å². The van der Waals surface area contributed by atoms with Crippen LogP contribution in [-0.4, -0.2) is 17.1 Å². The minimum absolute atomic E-state index is 0.104. The van der Waals surface area contributed by atoms with Crippen LogP contribution in [0.25, 0.3) is 0 Å². The number of hydrogen-bond donors (Lipinski definition) is 1. The normalized spacial score (nSPS) is 12.2. The smallest absolute Gasteiger partial charge is 0.192 e. The zero-order valence-electron chi connectivity index (χ0n) is 10.3. The molecule has 0 amide bonds. The average Bonchev–Trinajstić information content (AvgIpc) is 2.39. The van der Waals surface area contributed by atoms with Crippen LogP contribution < -0.4 is 10.5 Å². The first-order chi connectivity index (χ1) is 8.72. The van der Waals surface area contributed by atoms with Crippen molar-refractivity contribution in [3.63, 3.8) is 0 Å². The van der Waals surface area contributed by atoms with E-state index in [1.54, 1.807) is 25.6 Å². The van der Waals surface area contributed by atoms with Gasteiger partial charge < -0.3 is 10.5 Å². The standard InChI is InChI=1S/C13H15N3OS/c1-9(14)12-10(17-2)5-3-6-11(12)18-13-15-7-4-8-16-13/h3-9H,14H2,1-2H3/t9-/m0/s1. The summed E-state index contributed by atoms with van der Waals surface area (Å²) in [5.41, 5.74) is 6.99. The van der Waals surface area contributed by atoms with Gasteiger partial charge in [-0.05, 0) is 36.9 Å². The Balaban J connectivity index is 2.38. The van der Waals surface area contributed by atoms with Gasteiger partial charge in [0.05, 0.1) is 7.11 Å². The second kappa shape index (κ2) is 5.84. The van der Waals surface area contributed by atoms with Crippen LogP contribution in [0.1, 0.15) is 18.5 Å². The zero-order chi connectivity index (χ0) is 13.0. The Bertz CT molecular complexity index is 517. The van der Waals surface area contributed by atoms with Crippen molar-refractivity contribution >= 4 is 11.8 Å². The third-order valence-corrected chi connectivity index (χ3v) is 3.41. The molecule has 0 fully saturated rings. The summed E-state index contributed by atoms with van der Waals surface area (Å²) in [7, 11) is 1.65. The van der Waals surface area contributed by atoms with Crippen LogP contribution in [0.5, 0.6) is 5.75 Å². The van der Waals surface area contributed by atoms with E-state index in [-0.39, 0.29) is 6.04 Å². The maximum absolute atomic E-state index is 6.01. The van der Waals surface area contributed by atoms with Crippen molar-refractivity contribution in [3.05, 3.63) is 42.2 Å². The summed E-state index contributed by atoms with van der Waals surface area (Å²) in [6.45, 7) is 1.94. The highest BCUT2D eigenvalue weighted by molar-refractivity contribution is 7.99. The van der Waals surface area contributed by atoms with E-state index >= 15 is 0 Å². The van der Waals surface area contributed by atoms with E-state index in [2.05, 4.69) is 9.97 Å². The maximum Gasteiger partial charge on any atom is 0.192 e. The number of methoxy groups -OCH3 is 1. The van der Waals surface area contributed by atoms with Gasteiger partial charge in [0.2, 0.25) is 0 Å². The number of benzene rings is 1. The van der Waals surface area contributed by atoms with Gasteiger partial charge in [0.25, 0.3) is 0 Å². The Hall–Kier alpha value is -1.59. The fourth-order valence-electron chi connectivity index (χ4n) is 1.68. The van der Waals surface area contributed by atoms with Gasteiger partial charge in [0, 0.05) is 28.9 Å². The first kappa shape index (κ1) is 12.9. The van der Waals surface area contributed by atoms with Crippen LogP contribution in [-0.2, 0) is 0 Å². The Labute approximate surface area is 111 Å². The number of nitrogens with two attached hydrogens (primary N) is 1. The van der Waals surface area contributed by atoms with Crippen molar-refractivity contribution in [2.24, 2.45) is 5.73 Å². The molecule has 18 heavy (non-hydrogen) atoms. The van der Waals surface area contributed by atoms with E-state index in [9.17, 15) is 0 Å². The molecular weight excluding hydrogens is 246 g/mol. The molecular formula is C13H15N3OS. The lowest BCUT2D eigenvalue weighted by molar-refractivity contribution is 0.405. The van der Waals surface area contributed by atoms with Gasteiger partial charge in [-0.1, -0.05) is 6.07 Å². The highest BCUT2D eigenvalue weighted by atomic mass is 32.2. The zero-order valence-corrected chi connectivity index (χ0v) is 11.1. The van der Waals surface area contributed by atoms with Gasteiger partial charge in [0.1, 0.15) is 5.75 Å². The monoisotopic (exact) mass is 261 g/mol. The molecule has 0 radical (unpaired) electrons. The number of ether oxygens (including phenoxy) is 1. The Kier molecular flexibility index (Phi) is 4.17. The Morgan fingerprint density at radius 1 is 1.22 bits per heavy atom. The van der Waals surface area contributed by atoms with Crippen LogP contribution >= 0.6 is 11.8 Å². The molecule has 0 aliphatic rings. The van der Waals surface area contributed by atoms with E-state index in [1.165, 1.54) is 11.8 Å². The van der Waals surface area contributed by atoms with E-state index in [0.29, 0.717) is 5.16 Å². The highest BCUT2D eigenvalue weighted by Crippen LogP contribution is 2.36. The van der Waals surface area contributed by atoms with Crippen molar-refractivity contribution in [1.29, 1.82) is 0 Å². The largest absolute Gasteiger partial charge is 0.496 e. The van der Waals surface area contributed by atoms with Gasteiger partial charge in [-0.2, -0.15) is 0 Å². The molecule has 2 rings (SSSR count). The fourth-order valence-corrected chi connectivity index (χ4v) is 2.64. The lowest BCUT2D eigenvalue weighted by Crippen LogP contribution is -2.08. The lowest BCUT2D eigenvalue weighted by atomic mass is 10.1. The molecule has 4 nitrogen and oxygen atoms in total. The topological polar surface area (TPSA) is 61.0 Å². The molecule has 1 aromatic carbocycles. The highest BCUT2D eigenvalue weighted by Gasteiger charge is 2.14. The summed E-state index contributed by atoms with van der Waals surface area (Å²) in [6, 6.07) is 7.54. The van der Waals surface area contributed by atoms with Crippen molar-refractivity contribution in [2.45, 2.75) is 23.0 Å². The summed E-state index contributed by atoms with van der Waals surface area (Å²) in [4.78, 5) is 9.42.